The molecule has 1 saturated heterocycles. The molecule has 1 aromatic carbocycles. The van der Waals surface area contributed by atoms with E-state index in [4.69, 9.17) is 9.26 Å². The highest BCUT2D eigenvalue weighted by atomic mass is 16.5. The van der Waals surface area contributed by atoms with Gasteiger partial charge in [0.15, 0.2) is 11.5 Å². The molecule has 13 nitrogen and oxygen atoms in total. The zero-order chi connectivity index (χ0) is 35.4. The highest BCUT2D eigenvalue weighted by Gasteiger charge is 2.35. The zero-order valence-electron chi connectivity index (χ0n) is 28.4. The second-order valence-electron chi connectivity index (χ2n) is 12.9. The van der Waals surface area contributed by atoms with Gasteiger partial charge >= 0.3 is 5.97 Å². The van der Waals surface area contributed by atoms with E-state index in [1.807, 2.05) is 44.2 Å². The van der Waals surface area contributed by atoms with Crippen molar-refractivity contribution in [2.24, 2.45) is 23.7 Å². The van der Waals surface area contributed by atoms with Crippen molar-refractivity contribution in [3.63, 3.8) is 0 Å². The van der Waals surface area contributed by atoms with Gasteiger partial charge in [-0.15, -0.1) is 0 Å². The molecule has 13 heteroatoms. The van der Waals surface area contributed by atoms with Gasteiger partial charge in [0.25, 0.3) is 5.91 Å². The molecule has 5 atom stereocenters. The fourth-order valence-corrected chi connectivity index (χ4v) is 5.30. The summed E-state index contributed by atoms with van der Waals surface area (Å²) < 4.78 is 10.3. The third-order valence-electron chi connectivity index (χ3n) is 7.97. The Kier molecular flexibility index (Phi) is 14.1. The van der Waals surface area contributed by atoms with Gasteiger partial charge in [-0.1, -0.05) is 69.3 Å². The number of benzene rings is 1. The third-order valence-corrected chi connectivity index (χ3v) is 7.97. The number of nitrogens with one attached hydrogen (secondary N) is 4. The van der Waals surface area contributed by atoms with Crippen LogP contribution in [0.4, 0.5) is 0 Å². The van der Waals surface area contributed by atoms with Crippen molar-refractivity contribution < 1.29 is 38.0 Å². The lowest BCUT2D eigenvalue weighted by Crippen LogP contribution is -2.57. The maximum absolute atomic E-state index is 14.1. The van der Waals surface area contributed by atoms with Gasteiger partial charge in [-0.2, -0.15) is 0 Å². The number of esters is 1. The van der Waals surface area contributed by atoms with E-state index < -0.39 is 53.7 Å². The molecule has 0 aliphatic carbocycles. The maximum Gasteiger partial charge on any atom is 0.330 e. The van der Waals surface area contributed by atoms with Gasteiger partial charge in [-0.3, -0.25) is 24.0 Å². The summed E-state index contributed by atoms with van der Waals surface area (Å²) in [6.45, 7) is 11.0. The number of aromatic nitrogens is 1. The van der Waals surface area contributed by atoms with Gasteiger partial charge in [0, 0.05) is 30.5 Å². The molecule has 4 N–H and O–H groups in total. The standard InChI is InChI=1S/C35H47N5O8/c1-20(2)16-27(38-35(46)30(21(3)4)39-32(43)23(6)37-34(45)28-17-22(5)48-40-28)31(42)25(18-26-14-15-36-33(26)44)12-13-29(41)47-19-24-10-8-7-9-11-24/h7-13,17,20-21,23,25-27,30H,14-16,18-19H2,1-6H3,(H,36,44)(H,37,45)(H,38,46)(H,39,43)/b13-12+/t23-,25+,26-,27-,30-/m0/s1. The normalized spacial score (nSPS) is 17.0. The van der Waals surface area contributed by atoms with Gasteiger partial charge in [-0.05, 0) is 50.5 Å². The fourth-order valence-electron chi connectivity index (χ4n) is 5.30. The molecule has 3 rings (SSSR count). The van der Waals surface area contributed by atoms with Crippen LogP contribution in [-0.2, 0) is 35.3 Å². The summed E-state index contributed by atoms with van der Waals surface area (Å²) in [5.74, 6) is -4.19. The Hall–Kier alpha value is -4.81. The molecule has 260 valence electrons. The molecular formula is C35H47N5O8. The summed E-state index contributed by atoms with van der Waals surface area (Å²) in [5, 5.41) is 14.5. The SMILES string of the molecule is Cc1cc(C(=O)N[C@@H](C)C(=O)N[C@H](C(=O)N[C@@H](CC(C)C)C(=O)[C@H](/C=C/C(=O)OCc2ccccc2)C[C@@H]2CCNC2=O)C(C)C)no1. The molecule has 2 aromatic rings. The van der Waals surface area contributed by atoms with Crippen molar-refractivity contribution in [3.05, 3.63) is 65.6 Å². The van der Waals surface area contributed by atoms with Crippen LogP contribution >= 0.6 is 0 Å². The van der Waals surface area contributed by atoms with E-state index in [2.05, 4.69) is 26.4 Å². The van der Waals surface area contributed by atoms with E-state index in [-0.39, 0.29) is 48.7 Å². The van der Waals surface area contributed by atoms with E-state index in [9.17, 15) is 28.8 Å². The van der Waals surface area contributed by atoms with Crippen molar-refractivity contribution in [2.45, 2.75) is 85.5 Å². The van der Waals surface area contributed by atoms with Crippen molar-refractivity contribution in [2.75, 3.05) is 6.54 Å². The third kappa shape index (κ3) is 11.5. The van der Waals surface area contributed by atoms with E-state index in [1.54, 1.807) is 20.8 Å². The highest BCUT2D eigenvalue weighted by Crippen LogP contribution is 2.24. The minimum atomic E-state index is -1.03. The van der Waals surface area contributed by atoms with Crippen LogP contribution in [0.1, 0.15) is 75.7 Å². The predicted molar refractivity (Wildman–Crippen MR) is 176 cm³/mol. The molecule has 0 spiro atoms. The highest BCUT2D eigenvalue weighted by molar-refractivity contribution is 5.98. The topological polar surface area (TPSA) is 186 Å². The van der Waals surface area contributed by atoms with Gasteiger partial charge in [-0.25, -0.2) is 4.79 Å². The average Bonchev–Trinajstić information content (AvgIpc) is 3.67. The second kappa shape index (κ2) is 17.9. The van der Waals surface area contributed by atoms with Crippen LogP contribution in [0.15, 0.2) is 53.1 Å². The first-order chi connectivity index (χ1) is 22.7. The smallest absolute Gasteiger partial charge is 0.330 e. The molecule has 0 unspecified atom stereocenters. The van der Waals surface area contributed by atoms with Crippen molar-refractivity contribution in [3.8, 4) is 0 Å². The number of Topliss-reactive ketones (excluding diaryl/α,β-unsaturated/α-hetero) is 1. The van der Waals surface area contributed by atoms with Crippen LogP contribution < -0.4 is 21.3 Å². The fraction of sp³-hybridized carbons (Fsp3) is 0.514. The lowest BCUT2D eigenvalue weighted by molar-refractivity contribution is -0.139. The van der Waals surface area contributed by atoms with Crippen LogP contribution in [0.25, 0.3) is 0 Å². The van der Waals surface area contributed by atoms with E-state index >= 15 is 0 Å². The Balaban J connectivity index is 1.73. The zero-order valence-corrected chi connectivity index (χ0v) is 28.4. The van der Waals surface area contributed by atoms with Crippen LogP contribution in [0.3, 0.4) is 0 Å². The number of rotatable bonds is 17. The summed E-state index contributed by atoms with van der Waals surface area (Å²) in [4.78, 5) is 78.3. The monoisotopic (exact) mass is 665 g/mol. The molecule has 48 heavy (non-hydrogen) atoms. The number of carbonyl (C=O) groups excluding carboxylic acids is 6. The number of allylic oxidation sites excluding steroid dienone is 1. The lowest BCUT2D eigenvalue weighted by atomic mass is 9.84. The molecule has 0 radical (unpaired) electrons. The van der Waals surface area contributed by atoms with E-state index in [0.29, 0.717) is 18.7 Å². The quantitative estimate of drug-likeness (QED) is 0.146. The Morgan fingerprint density at radius 2 is 1.73 bits per heavy atom. The maximum atomic E-state index is 14.1. The Morgan fingerprint density at radius 1 is 1.02 bits per heavy atom. The summed E-state index contributed by atoms with van der Waals surface area (Å²) in [7, 11) is 0. The Bertz CT molecular complexity index is 1470. The number of ether oxygens (including phenoxy) is 1. The van der Waals surface area contributed by atoms with Crippen LogP contribution in [0.5, 0.6) is 0 Å². The molecular weight excluding hydrogens is 618 g/mol. The number of nitrogens with zero attached hydrogens (tertiary/aromatic N) is 1. The summed E-state index contributed by atoms with van der Waals surface area (Å²) in [6.07, 6.45) is 3.63. The second-order valence-corrected chi connectivity index (χ2v) is 12.9. The first-order valence-corrected chi connectivity index (χ1v) is 16.3. The summed E-state index contributed by atoms with van der Waals surface area (Å²) in [6, 6.07) is 7.59. The van der Waals surface area contributed by atoms with Gasteiger partial charge in [0.05, 0.1) is 6.04 Å². The van der Waals surface area contributed by atoms with Crippen LogP contribution in [0.2, 0.25) is 0 Å². The molecule has 0 saturated carbocycles. The minimum absolute atomic E-state index is 0.00279. The lowest BCUT2D eigenvalue weighted by Gasteiger charge is -2.28. The molecule has 4 amide bonds. The number of aryl methyl sites for hydroxylation is 1. The average molecular weight is 666 g/mol. The first kappa shape index (κ1) is 37.6. The van der Waals surface area contributed by atoms with Crippen molar-refractivity contribution >= 4 is 35.4 Å². The van der Waals surface area contributed by atoms with Crippen molar-refractivity contribution in [1.82, 2.24) is 26.4 Å². The Morgan fingerprint density at radius 3 is 2.31 bits per heavy atom. The van der Waals surface area contributed by atoms with E-state index in [0.717, 1.165) is 5.56 Å². The van der Waals surface area contributed by atoms with Crippen LogP contribution in [0, 0.1) is 30.6 Å². The molecule has 1 aromatic heterocycles. The summed E-state index contributed by atoms with van der Waals surface area (Å²) >= 11 is 0. The van der Waals surface area contributed by atoms with Gasteiger partial charge in [0.2, 0.25) is 17.7 Å². The molecule has 2 heterocycles. The number of hydrogen-bond donors (Lipinski definition) is 4. The summed E-state index contributed by atoms with van der Waals surface area (Å²) in [5.41, 5.74) is 0.825. The Labute approximate surface area is 281 Å². The largest absolute Gasteiger partial charge is 0.458 e. The number of ketones is 1. The van der Waals surface area contributed by atoms with E-state index in [1.165, 1.54) is 25.1 Å². The molecule has 1 fully saturated rings. The molecule has 0 bridgehead atoms. The molecule has 1 aliphatic heterocycles. The van der Waals surface area contributed by atoms with Crippen molar-refractivity contribution in [1.29, 1.82) is 0 Å². The molecule has 1 aliphatic rings. The first-order valence-electron chi connectivity index (χ1n) is 16.3. The number of hydrogen-bond acceptors (Lipinski definition) is 9. The number of carbonyl (C=O) groups is 6. The predicted octanol–water partition coefficient (Wildman–Crippen LogP) is 2.78. The minimum Gasteiger partial charge on any atom is -0.458 e. The van der Waals surface area contributed by atoms with Gasteiger partial charge in [0.1, 0.15) is 24.5 Å². The van der Waals surface area contributed by atoms with Gasteiger partial charge < -0.3 is 30.5 Å². The van der Waals surface area contributed by atoms with Crippen LogP contribution in [-0.4, -0.2) is 65.2 Å². The number of amides is 4.